The quantitative estimate of drug-likeness (QED) is 0.310. The molecular weight excluding hydrogens is 626 g/mol. The van der Waals surface area contributed by atoms with E-state index in [4.69, 9.17) is 23.2 Å². The molecule has 32 heavy (non-hydrogen) atoms. The number of amides is 2. The molecule has 2 N–H and O–H groups in total. The Morgan fingerprint density at radius 2 is 1.78 bits per heavy atom. The minimum Gasteiger partial charge on any atom is -0.348 e. The first-order valence-corrected chi connectivity index (χ1v) is 12.5. The summed E-state index contributed by atoms with van der Waals surface area (Å²) in [6.07, 6.45) is 0.164. The second-order valence-electron chi connectivity index (χ2n) is 7.99. The Hall–Kier alpha value is -1.61. The van der Waals surface area contributed by atoms with E-state index in [1.54, 1.807) is 18.2 Å². The zero-order valence-corrected chi connectivity index (χ0v) is 21.7. The third-order valence-electron chi connectivity index (χ3n) is 6.27. The van der Waals surface area contributed by atoms with Crippen LogP contribution in [0.25, 0.3) is 0 Å². The second-order valence-corrected chi connectivity index (χ2v) is 10.9. The molecule has 162 valence electrons. The summed E-state index contributed by atoms with van der Waals surface area (Å²) in [5.41, 5.74) is 2.14. The van der Waals surface area contributed by atoms with Crippen molar-refractivity contribution in [1.29, 1.82) is 0 Å². The number of piperidine rings is 1. The van der Waals surface area contributed by atoms with Crippen LogP contribution in [0.4, 0.5) is 5.69 Å². The lowest BCUT2D eigenvalue weighted by Crippen LogP contribution is -2.57. The van der Waals surface area contributed by atoms with Gasteiger partial charge in [-0.3, -0.25) is 9.59 Å². The molecule has 5 rings (SSSR count). The number of nitrogens with one attached hydrogen (secondary N) is 2. The molecule has 3 aromatic rings. The van der Waals surface area contributed by atoms with Crippen molar-refractivity contribution in [3.8, 4) is 0 Å². The van der Waals surface area contributed by atoms with Gasteiger partial charge in [0.25, 0.3) is 0 Å². The number of fused-ring (bicyclic) bond motifs is 2. The van der Waals surface area contributed by atoms with Crippen LogP contribution in [0.5, 0.6) is 0 Å². The molecule has 1 saturated heterocycles. The number of hydrogen-bond acceptors (Lipinski definition) is 2. The van der Waals surface area contributed by atoms with Gasteiger partial charge in [-0.2, -0.15) is 0 Å². The number of carbonyl (C=O) groups is 2. The Kier molecular flexibility index (Phi) is 5.76. The molecule has 0 saturated carbocycles. The van der Waals surface area contributed by atoms with E-state index >= 15 is 0 Å². The van der Waals surface area contributed by atoms with Crippen LogP contribution >= 0.6 is 61.7 Å². The Balaban J connectivity index is 1.83. The number of benzene rings is 3. The summed E-state index contributed by atoms with van der Waals surface area (Å²) in [7, 11) is 0. The lowest BCUT2D eigenvalue weighted by atomic mass is 9.59. The molecule has 1 fully saturated rings. The smallest absolute Gasteiger partial charge is 0.238 e. The summed E-state index contributed by atoms with van der Waals surface area (Å²) in [5, 5.41) is 7.28. The Labute approximate surface area is 217 Å². The molecule has 2 heterocycles. The maximum atomic E-state index is 13.9. The van der Waals surface area contributed by atoms with E-state index in [2.05, 4.69) is 49.2 Å². The van der Waals surface area contributed by atoms with E-state index in [9.17, 15) is 9.59 Å². The van der Waals surface area contributed by atoms with Gasteiger partial charge < -0.3 is 10.6 Å². The van der Waals surface area contributed by atoms with Gasteiger partial charge in [-0.15, -0.1) is 0 Å². The third-order valence-corrected chi connectivity index (χ3v) is 8.22. The maximum absolute atomic E-state index is 13.9. The summed E-state index contributed by atoms with van der Waals surface area (Å²) >= 11 is 18.4. The predicted molar refractivity (Wildman–Crippen MR) is 138 cm³/mol. The molecule has 3 aromatic carbocycles. The highest BCUT2D eigenvalue weighted by molar-refractivity contribution is 14.1. The van der Waals surface area contributed by atoms with E-state index in [-0.39, 0.29) is 18.2 Å². The summed E-state index contributed by atoms with van der Waals surface area (Å²) < 4.78 is 1.83. The van der Waals surface area contributed by atoms with Gasteiger partial charge in [-0.1, -0.05) is 57.3 Å². The van der Waals surface area contributed by atoms with Crippen LogP contribution < -0.4 is 10.6 Å². The molecule has 3 atom stereocenters. The van der Waals surface area contributed by atoms with Crippen LogP contribution in [0, 0.1) is 3.57 Å². The fraction of sp³-hybridized carbons (Fsp3) is 0.167. The van der Waals surface area contributed by atoms with E-state index < -0.39 is 17.4 Å². The normalized spacial score (nSPS) is 24.2. The monoisotopic (exact) mass is 640 g/mol. The molecule has 4 nitrogen and oxygen atoms in total. The zero-order chi connectivity index (χ0) is 22.6. The first kappa shape index (κ1) is 22.2. The van der Waals surface area contributed by atoms with Gasteiger partial charge in [0.2, 0.25) is 11.8 Å². The van der Waals surface area contributed by atoms with Crippen LogP contribution in [-0.4, -0.2) is 11.8 Å². The van der Waals surface area contributed by atoms with E-state index in [1.807, 2.05) is 42.5 Å². The van der Waals surface area contributed by atoms with Crippen LogP contribution in [0.3, 0.4) is 0 Å². The fourth-order valence-electron chi connectivity index (χ4n) is 5.01. The van der Waals surface area contributed by atoms with E-state index in [0.717, 1.165) is 24.7 Å². The highest BCUT2D eigenvalue weighted by Gasteiger charge is 2.61. The van der Waals surface area contributed by atoms with Crippen molar-refractivity contribution in [3.05, 3.63) is 95.4 Å². The Morgan fingerprint density at radius 1 is 1.00 bits per heavy atom. The standard InChI is InChI=1S/C24H16BrCl2IN2O2/c25-13-4-7-19(28)16(9-13)22-24(17-6-5-15(27)10-20(17)29-23(24)32)18(11-21(31)30-22)12-2-1-3-14(26)8-12/h1-10,18,22H,11H2,(H,29,32)(H,30,31)/t18-,22+,24-/m0/s1. The minimum absolute atomic E-state index is 0.114. The van der Waals surface area contributed by atoms with Crippen molar-refractivity contribution in [2.75, 3.05) is 5.32 Å². The van der Waals surface area contributed by atoms with Gasteiger partial charge in [0.15, 0.2) is 0 Å². The van der Waals surface area contributed by atoms with Gasteiger partial charge in [0.05, 0.1) is 6.04 Å². The van der Waals surface area contributed by atoms with Crippen molar-refractivity contribution in [2.24, 2.45) is 0 Å². The summed E-state index contributed by atoms with van der Waals surface area (Å²) in [5.74, 6) is -0.700. The van der Waals surface area contributed by atoms with Crippen molar-refractivity contribution in [2.45, 2.75) is 23.8 Å². The van der Waals surface area contributed by atoms with Crippen molar-refractivity contribution < 1.29 is 9.59 Å². The number of hydrogen-bond donors (Lipinski definition) is 2. The molecule has 0 aliphatic carbocycles. The zero-order valence-electron chi connectivity index (χ0n) is 16.5. The highest BCUT2D eigenvalue weighted by Crippen LogP contribution is 2.58. The first-order valence-electron chi connectivity index (χ1n) is 9.92. The molecule has 2 aliphatic heterocycles. The fourth-order valence-corrected chi connectivity index (χ4v) is 6.40. The summed E-state index contributed by atoms with van der Waals surface area (Å²) in [6, 6.07) is 18.2. The summed E-state index contributed by atoms with van der Waals surface area (Å²) in [6.45, 7) is 0. The van der Waals surface area contributed by atoms with Gasteiger partial charge in [-0.25, -0.2) is 0 Å². The van der Waals surface area contributed by atoms with Crippen molar-refractivity contribution >= 4 is 79.2 Å². The van der Waals surface area contributed by atoms with Gasteiger partial charge in [0.1, 0.15) is 5.41 Å². The average Bonchev–Trinajstić information content (AvgIpc) is 3.02. The SMILES string of the molecule is O=C1C[C@@H](c2cccc(Cl)c2)[C@]2(C(=O)Nc3cc(Cl)ccc32)[C@@H](c2cc(Br)ccc2I)N1. The molecule has 0 radical (unpaired) electrons. The predicted octanol–water partition coefficient (Wildman–Crippen LogP) is 6.60. The minimum atomic E-state index is -1.07. The second kappa shape index (κ2) is 8.31. The number of carbonyl (C=O) groups excluding carboxylic acids is 2. The maximum Gasteiger partial charge on any atom is 0.238 e. The number of halogens is 4. The number of anilines is 1. The largest absolute Gasteiger partial charge is 0.348 e. The van der Waals surface area contributed by atoms with E-state index in [1.165, 1.54) is 0 Å². The van der Waals surface area contributed by atoms with Crippen LogP contribution in [-0.2, 0) is 15.0 Å². The van der Waals surface area contributed by atoms with Gasteiger partial charge >= 0.3 is 0 Å². The Bertz CT molecular complexity index is 1280. The lowest BCUT2D eigenvalue weighted by molar-refractivity contribution is -0.131. The molecule has 2 amide bonds. The van der Waals surface area contributed by atoms with E-state index in [0.29, 0.717) is 15.7 Å². The molecule has 0 bridgehead atoms. The first-order chi connectivity index (χ1) is 15.3. The molecule has 1 spiro atoms. The molecule has 0 unspecified atom stereocenters. The molecular formula is C24H16BrCl2IN2O2. The van der Waals surface area contributed by atoms with Gasteiger partial charge in [-0.05, 0) is 81.7 Å². The van der Waals surface area contributed by atoms with Crippen LogP contribution in [0.2, 0.25) is 10.0 Å². The van der Waals surface area contributed by atoms with Crippen molar-refractivity contribution in [3.63, 3.8) is 0 Å². The highest BCUT2D eigenvalue weighted by atomic mass is 127. The molecule has 0 aromatic heterocycles. The number of rotatable bonds is 2. The molecule has 2 aliphatic rings. The molecule has 8 heteroatoms. The third kappa shape index (κ3) is 3.47. The van der Waals surface area contributed by atoms with Crippen LogP contribution in [0.1, 0.15) is 35.1 Å². The Morgan fingerprint density at radius 3 is 2.56 bits per heavy atom. The van der Waals surface area contributed by atoms with Gasteiger partial charge in [0, 0.05) is 36.1 Å². The lowest BCUT2D eigenvalue weighted by Gasteiger charge is -2.46. The summed E-state index contributed by atoms with van der Waals surface area (Å²) in [4.78, 5) is 26.9. The average molecular weight is 642 g/mol. The topological polar surface area (TPSA) is 58.2 Å². The van der Waals surface area contributed by atoms with Crippen LogP contribution in [0.15, 0.2) is 65.1 Å². The van der Waals surface area contributed by atoms with Crippen molar-refractivity contribution in [1.82, 2.24) is 5.32 Å².